The van der Waals surface area contributed by atoms with Crippen LogP contribution in [0.2, 0.25) is 0 Å². The lowest BCUT2D eigenvalue weighted by Crippen LogP contribution is -2.35. The fourth-order valence-electron chi connectivity index (χ4n) is 3.26. The van der Waals surface area contributed by atoms with Crippen LogP contribution < -0.4 is 9.04 Å². The van der Waals surface area contributed by atoms with Crippen LogP contribution in [-0.4, -0.2) is 42.0 Å². The molecule has 0 saturated carbocycles. The quantitative estimate of drug-likeness (QED) is 0.698. The van der Waals surface area contributed by atoms with Crippen molar-refractivity contribution in [2.75, 3.05) is 17.7 Å². The highest BCUT2D eigenvalue weighted by Crippen LogP contribution is 2.40. The Kier molecular flexibility index (Phi) is 3.87. The van der Waals surface area contributed by atoms with E-state index in [2.05, 4.69) is 15.5 Å². The average Bonchev–Trinajstić information content (AvgIpc) is 3.03. The second-order valence-corrected chi connectivity index (χ2v) is 7.91. The summed E-state index contributed by atoms with van der Waals surface area (Å²) in [6, 6.07) is 14.1. The van der Waals surface area contributed by atoms with Crippen molar-refractivity contribution in [3.05, 3.63) is 54.1 Å². The summed E-state index contributed by atoms with van der Waals surface area (Å²) in [7, 11) is -1.97. The van der Waals surface area contributed by atoms with Crippen LogP contribution in [0.15, 0.2) is 48.5 Å². The highest BCUT2D eigenvalue weighted by atomic mass is 32.2. The molecule has 1 atom stereocenters. The third kappa shape index (κ3) is 2.70. The Balaban J connectivity index is 1.95. The van der Waals surface area contributed by atoms with Gasteiger partial charge in [0.05, 0.1) is 31.6 Å². The first-order valence-electron chi connectivity index (χ1n) is 7.98. The van der Waals surface area contributed by atoms with Crippen LogP contribution in [0.5, 0.6) is 5.75 Å². The highest BCUT2D eigenvalue weighted by molar-refractivity contribution is 7.92. The van der Waals surface area contributed by atoms with Crippen molar-refractivity contribution in [1.82, 2.24) is 20.2 Å². The van der Waals surface area contributed by atoms with Gasteiger partial charge >= 0.3 is 0 Å². The van der Waals surface area contributed by atoms with E-state index in [1.807, 2.05) is 42.5 Å². The van der Waals surface area contributed by atoms with Crippen molar-refractivity contribution in [3.8, 4) is 17.1 Å². The van der Waals surface area contributed by atoms with Crippen molar-refractivity contribution in [2.45, 2.75) is 12.6 Å². The van der Waals surface area contributed by atoms with Crippen molar-refractivity contribution in [1.29, 1.82) is 0 Å². The molecule has 2 heterocycles. The second kappa shape index (κ2) is 6.10. The number of sulfonamides is 1. The van der Waals surface area contributed by atoms with Crippen molar-refractivity contribution in [2.24, 2.45) is 0 Å². The van der Waals surface area contributed by atoms with Crippen LogP contribution in [0.1, 0.15) is 11.6 Å². The number of anilines is 1. The van der Waals surface area contributed by atoms with E-state index in [1.54, 1.807) is 17.9 Å². The summed E-state index contributed by atoms with van der Waals surface area (Å²) in [6.07, 6.45) is 1.21. The van der Waals surface area contributed by atoms with Gasteiger partial charge in [-0.15, -0.1) is 5.10 Å². The van der Waals surface area contributed by atoms with E-state index in [1.165, 1.54) is 10.6 Å². The first-order valence-corrected chi connectivity index (χ1v) is 9.83. The zero-order valence-electron chi connectivity index (χ0n) is 14.3. The lowest BCUT2D eigenvalue weighted by atomic mass is 10.1. The zero-order chi connectivity index (χ0) is 18.3. The molecule has 0 saturated heterocycles. The number of hydrogen-bond acceptors (Lipinski definition) is 6. The van der Waals surface area contributed by atoms with Crippen molar-refractivity contribution in [3.63, 3.8) is 0 Å². The molecule has 134 valence electrons. The second-order valence-electron chi connectivity index (χ2n) is 6.05. The van der Waals surface area contributed by atoms with Gasteiger partial charge in [0.15, 0.2) is 5.82 Å². The van der Waals surface area contributed by atoms with Gasteiger partial charge < -0.3 is 4.74 Å². The summed E-state index contributed by atoms with van der Waals surface area (Å²) in [5, 5.41) is 11.9. The van der Waals surface area contributed by atoms with Crippen LogP contribution in [-0.2, 0) is 16.6 Å². The molecular formula is C17H17N5O3S. The monoisotopic (exact) mass is 371 g/mol. The number of hydrogen-bond donors (Lipinski definition) is 0. The molecule has 0 spiro atoms. The summed E-state index contributed by atoms with van der Waals surface area (Å²) < 4.78 is 33.7. The predicted octanol–water partition coefficient (Wildman–Crippen LogP) is 1.87. The molecule has 1 aliphatic rings. The number of aromatic nitrogens is 4. The van der Waals surface area contributed by atoms with Crippen LogP contribution >= 0.6 is 0 Å². The largest absolute Gasteiger partial charge is 0.497 e. The van der Waals surface area contributed by atoms with E-state index in [9.17, 15) is 8.42 Å². The molecular weight excluding hydrogens is 354 g/mol. The summed E-state index contributed by atoms with van der Waals surface area (Å²) in [6.45, 7) is 0.302. The molecule has 8 nitrogen and oxygen atoms in total. The van der Waals surface area contributed by atoms with Gasteiger partial charge in [-0.1, -0.05) is 24.3 Å². The maximum Gasteiger partial charge on any atom is 0.232 e. The minimum absolute atomic E-state index is 0.302. The van der Waals surface area contributed by atoms with E-state index in [4.69, 9.17) is 4.74 Å². The van der Waals surface area contributed by atoms with E-state index < -0.39 is 16.1 Å². The van der Waals surface area contributed by atoms with E-state index >= 15 is 0 Å². The Morgan fingerprint density at radius 2 is 1.85 bits per heavy atom. The lowest BCUT2D eigenvalue weighted by molar-refractivity contribution is 0.414. The first-order chi connectivity index (χ1) is 12.5. The standard InChI is InChI=1S/C17H17N5O3S/c1-25-13-9-7-12(8-10-13)16-11-21-17(18-19-20-21)14-5-3-4-6-15(14)22(16)26(2,23)24/h3-10,16H,11H2,1-2H3. The van der Waals surface area contributed by atoms with Crippen LogP contribution in [0, 0.1) is 0 Å². The molecule has 26 heavy (non-hydrogen) atoms. The minimum Gasteiger partial charge on any atom is -0.497 e. The topological polar surface area (TPSA) is 90.2 Å². The van der Waals surface area contributed by atoms with E-state index in [0.717, 1.165) is 5.56 Å². The summed E-state index contributed by atoms with van der Waals surface area (Å²) in [4.78, 5) is 0. The Bertz CT molecular complexity index is 1050. The molecule has 0 N–H and O–H groups in total. The van der Waals surface area contributed by atoms with Gasteiger partial charge in [-0.3, -0.25) is 4.31 Å². The minimum atomic E-state index is -3.56. The number of para-hydroxylation sites is 1. The van der Waals surface area contributed by atoms with Crippen LogP contribution in [0.4, 0.5) is 5.69 Å². The van der Waals surface area contributed by atoms with E-state index in [0.29, 0.717) is 29.4 Å². The molecule has 0 radical (unpaired) electrons. The molecule has 0 aliphatic carbocycles. The molecule has 3 aromatic rings. The Morgan fingerprint density at radius 1 is 1.12 bits per heavy atom. The molecule has 9 heteroatoms. The first kappa shape index (κ1) is 16.5. The SMILES string of the molecule is COc1ccc(C2Cn3nnnc3-c3ccccc3N2S(C)(=O)=O)cc1. The number of methoxy groups -OCH3 is 1. The Morgan fingerprint density at radius 3 is 2.54 bits per heavy atom. The highest BCUT2D eigenvalue weighted by Gasteiger charge is 2.35. The number of fused-ring (bicyclic) bond motifs is 3. The van der Waals surface area contributed by atoms with E-state index in [-0.39, 0.29) is 0 Å². The molecule has 0 fully saturated rings. The normalized spacial score (nSPS) is 16.5. The average molecular weight is 371 g/mol. The van der Waals surface area contributed by atoms with Gasteiger partial charge in [-0.2, -0.15) is 0 Å². The summed E-state index contributed by atoms with van der Waals surface area (Å²) in [5.74, 6) is 1.25. The zero-order valence-corrected chi connectivity index (χ0v) is 15.1. The van der Waals surface area contributed by atoms with Crippen molar-refractivity contribution < 1.29 is 13.2 Å². The molecule has 1 unspecified atom stereocenters. The number of benzene rings is 2. The fraction of sp³-hybridized carbons (Fsp3) is 0.235. The maximum atomic E-state index is 12.7. The molecule has 2 aromatic carbocycles. The van der Waals surface area contributed by atoms with Gasteiger partial charge in [-0.05, 0) is 40.3 Å². The maximum absolute atomic E-state index is 12.7. The van der Waals surface area contributed by atoms with Gasteiger partial charge in [0.2, 0.25) is 10.0 Å². The fourth-order valence-corrected chi connectivity index (χ4v) is 4.43. The Hall–Kier alpha value is -2.94. The van der Waals surface area contributed by atoms with Gasteiger partial charge in [0.1, 0.15) is 5.75 Å². The number of ether oxygens (including phenoxy) is 1. The predicted molar refractivity (Wildman–Crippen MR) is 96.3 cm³/mol. The lowest BCUT2D eigenvalue weighted by Gasteiger charge is -2.31. The Labute approximate surface area is 151 Å². The molecule has 0 amide bonds. The third-order valence-corrected chi connectivity index (χ3v) is 5.57. The van der Waals surface area contributed by atoms with Crippen LogP contribution in [0.25, 0.3) is 11.4 Å². The van der Waals surface area contributed by atoms with Gasteiger partial charge in [-0.25, -0.2) is 13.1 Å². The van der Waals surface area contributed by atoms with Crippen molar-refractivity contribution >= 4 is 15.7 Å². The summed E-state index contributed by atoms with van der Waals surface area (Å²) in [5.41, 5.74) is 2.07. The third-order valence-electron chi connectivity index (χ3n) is 4.40. The smallest absolute Gasteiger partial charge is 0.232 e. The van der Waals surface area contributed by atoms with Crippen LogP contribution in [0.3, 0.4) is 0 Å². The molecule has 4 rings (SSSR count). The number of tetrazole rings is 1. The molecule has 0 bridgehead atoms. The number of rotatable bonds is 3. The molecule has 1 aromatic heterocycles. The van der Waals surface area contributed by atoms with Gasteiger partial charge in [0, 0.05) is 5.56 Å². The summed E-state index contributed by atoms with van der Waals surface area (Å²) >= 11 is 0. The number of nitrogens with zero attached hydrogens (tertiary/aromatic N) is 5. The molecule has 1 aliphatic heterocycles. The van der Waals surface area contributed by atoms with Gasteiger partial charge in [0.25, 0.3) is 0 Å².